The first kappa shape index (κ1) is 30.8. The highest BCUT2D eigenvalue weighted by Gasteiger charge is 2.31. The lowest BCUT2D eigenvalue weighted by Gasteiger charge is -2.26. The van der Waals surface area contributed by atoms with Crippen LogP contribution in [0.3, 0.4) is 0 Å². The normalized spacial score (nSPS) is 14.6. The smallest absolute Gasteiger partial charge is 0.326 e. The van der Waals surface area contributed by atoms with Crippen LogP contribution in [0.2, 0.25) is 0 Å². The Balaban J connectivity index is 5.54. The Labute approximate surface area is 197 Å². The van der Waals surface area contributed by atoms with E-state index in [1.165, 1.54) is 0 Å². The quantitative estimate of drug-likeness (QED) is 0.144. The Morgan fingerprint density at radius 2 is 1.18 bits per heavy atom. The molecule has 0 aliphatic rings. The topological polar surface area (TPSA) is 225 Å². The summed E-state index contributed by atoms with van der Waals surface area (Å²) in [6, 6.07) is -4.93. The molecule has 34 heavy (non-hydrogen) atoms. The van der Waals surface area contributed by atoms with Crippen molar-refractivity contribution >= 4 is 35.6 Å². The number of rotatable bonds is 16. The van der Waals surface area contributed by atoms with Crippen LogP contribution in [-0.4, -0.2) is 75.1 Å². The molecule has 8 N–H and O–H groups in total. The molecule has 4 atom stereocenters. The summed E-state index contributed by atoms with van der Waals surface area (Å²) in [6.07, 6.45) is -1.11. The summed E-state index contributed by atoms with van der Waals surface area (Å²) in [6.45, 7) is 6.72. The van der Waals surface area contributed by atoms with Crippen LogP contribution in [0, 0.1) is 11.8 Å². The number of aliphatic carboxylic acids is 3. The van der Waals surface area contributed by atoms with Crippen molar-refractivity contribution in [2.45, 2.75) is 84.0 Å². The van der Waals surface area contributed by atoms with Crippen LogP contribution < -0.4 is 21.7 Å². The van der Waals surface area contributed by atoms with Crippen molar-refractivity contribution < 1.29 is 44.1 Å². The van der Waals surface area contributed by atoms with E-state index in [2.05, 4.69) is 16.0 Å². The van der Waals surface area contributed by atoms with E-state index in [0.29, 0.717) is 0 Å². The number of carbonyl (C=O) groups excluding carboxylic acids is 3. The minimum absolute atomic E-state index is 0.0741. The molecule has 13 nitrogen and oxygen atoms in total. The van der Waals surface area contributed by atoms with Crippen LogP contribution in [0.4, 0.5) is 0 Å². The maximum atomic E-state index is 12.9. The molecule has 4 unspecified atom stereocenters. The molecule has 0 aromatic heterocycles. The standard InChI is InChI=1S/C21H36N4O9/c1-10(2)9-14(24-18(30)12(22)5-7-15(26)27)20(32)23-13(6-8-16(28)29)19(31)25-17(11(3)4)21(33)34/h10-14,17H,5-9,22H2,1-4H3,(H,23,32)(H,24,30)(H,25,31)(H,26,27)(H,28,29)(H,33,34). The first-order valence-corrected chi connectivity index (χ1v) is 11.0. The van der Waals surface area contributed by atoms with Gasteiger partial charge in [0.25, 0.3) is 0 Å². The van der Waals surface area contributed by atoms with E-state index in [1.807, 2.05) is 0 Å². The van der Waals surface area contributed by atoms with Crippen molar-refractivity contribution in [1.82, 2.24) is 16.0 Å². The highest BCUT2D eigenvalue weighted by molar-refractivity contribution is 5.94. The molecule has 13 heteroatoms. The van der Waals surface area contributed by atoms with Gasteiger partial charge in [-0.3, -0.25) is 24.0 Å². The lowest BCUT2D eigenvalue weighted by molar-refractivity contribution is -0.144. The monoisotopic (exact) mass is 488 g/mol. The van der Waals surface area contributed by atoms with Crippen molar-refractivity contribution in [1.29, 1.82) is 0 Å². The minimum Gasteiger partial charge on any atom is -0.481 e. The number of carboxylic acids is 3. The van der Waals surface area contributed by atoms with Crippen LogP contribution in [0.25, 0.3) is 0 Å². The van der Waals surface area contributed by atoms with Crippen LogP contribution >= 0.6 is 0 Å². The Kier molecular flexibility index (Phi) is 13.4. The zero-order valence-corrected chi connectivity index (χ0v) is 19.9. The second kappa shape index (κ2) is 14.8. The van der Waals surface area contributed by atoms with Gasteiger partial charge in [0, 0.05) is 12.8 Å². The van der Waals surface area contributed by atoms with E-state index in [4.69, 9.17) is 15.9 Å². The molecule has 194 valence electrons. The fraction of sp³-hybridized carbons (Fsp3) is 0.714. The Morgan fingerprint density at radius 1 is 0.706 bits per heavy atom. The summed E-state index contributed by atoms with van der Waals surface area (Å²) in [4.78, 5) is 71.1. The van der Waals surface area contributed by atoms with Crippen LogP contribution in [0.1, 0.15) is 59.8 Å². The molecule has 0 aliphatic heterocycles. The predicted molar refractivity (Wildman–Crippen MR) is 119 cm³/mol. The molecule has 0 radical (unpaired) electrons. The predicted octanol–water partition coefficient (Wildman–Crippen LogP) is -0.716. The van der Waals surface area contributed by atoms with Crippen LogP contribution in [0.5, 0.6) is 0 Å². The van der Waals surface area contributed by atoms with Gasteiger partial charge in [-0.05, 0) is 31.1 Å². The number of carboxylic acid groups (broad SMARTS) is 3. The van der Waals surface area contributed by atoms with Gasteiger partial charge in [-0.2, -0.15) is 0 Å². The molecule has 0 aromatic rings. The zero-order chi connectivity index (χ0) is 26.6. The van der Waals surface area contributed by atoms with Crippen molar-refractivity contribution in [3.63, 3.8) is 0 Å². The lowest BCUT2D eigenvalue weighted by atomic mass is 10.0. The largest absolute Gasteiger partial charge is 0.481 e. The average molecular weight is 489 g/mol. The fourth-order valence-electron chi connectivity index (χ4n) is 2.97. The van der Waals surface area contributed by atoms with Gasteiger partial charge in [-0.15, -0.1) is 0 Å². The summed E-state index contributed by atoms with van der Waals surface area (Å²) in [5, 5.41) is 34.2. The Hall–Kier alpha value is -3.22. The molecule has 0 aromatic carbocycles. The third-order valence-electron chi connectivity index (χ3n) is 4.86. The van der Waals surface area contributed by atoms with Gasteiger partial charge >= 0.3 is 17.9 Å². The molecule has 0 rings (SSSR count). The van der Waals surface area contributed by atoms with E-state index in [9.17, 15) is 33.9 Å². The molecule has 3 amide bonds. The number of amides is 3. The number of hydrogen-bond donors (Lipinski definition) is 7. The molecular formula is C21H36N4O9. The first-order valence-electron chi connectivity index (χ1n) is 11.0. The zero-order valence-electron chi connectivity index (χ0n) is 19.9. The fourth-order valence-corrected chi connectivity index (χ4v) is 2.97. The van der Waals surface area contributed by atoms with E-state index in [-0.39, 0.29) is 31.6 Å². The van der Waals surface area contributed by atoms with Gasteiger partial charge in [0.05, 0.1) is 6.04 Å². The molecule has 0 fully saturated rings. The highest BCUT2D eigenvalue weighted by atomic mass is 16.4. The maximum absolute atomic E-state index is 12.9. The van der Waals surface area contributed by atoms with Crippen molar-refractivity contribution in [2.75, 3.05) is 0 Å². The third-order valence-corrected chi connectivity index (χ3v) is 4.86. The van der Waals surface area contributed by atoms with Crippen molar-refractivity contribution in [3.05, 3.63) is 0 Å². The summed E-state index contributed by atoms with van der Waals surface area (Å²) in [7, 11) is 0. The molecule has 0 spiro atoms. The van der Waals surface area contributed by atoms with E-state index >= 15 is 0 Å². The number of hydrogen-bond acceptors (Lipinski definition) is 7. The second-order valence-corrected chi connectivity index (χ2v) is 8.79. The van der Waals surface area contributed by atoms with Gasteiger partial charge in [0.15, 0.2) is 0 Å². The van der Waals surface area contributed by atoms with Gasteiger partial charge in [0.1, 0.15) is 18.1 Å². The van der Waals surface area contributed by atoms with Crippen molar-refractivity contribution in [2.24, 2.45) is 17.6 Å². The summed E-state index contributed by atoms with van der Waals surface area (Å²) >= 11 is 0. The number of nitrogens with one attached hydrogen (secondary N) is 3. The van der Waals surface area contributed by atoms with E-state index < -0.39 is 72.1 Å². The summed E-state index contributed by atoms with van der Waals surface area (Å²) < 4.78 is 0. The molecule has 0 saturated heterocycles. The Bertz CT molecular complexity index is 755. The Morgan fingerprint density at radius 3 is 1.62 bits per heavy atom. The first-order chi connectivity index (χ1) is 15.6. The number of carbonyl (C=O) groups is 6. The van der Waals surface area contributed by atoms with E-state index in [1.54, 1.807) is 27.7 Å². The summed E-state index contributed by atoms with van der Waals surface area (Å²) in [5.74, 6) is -6.59. The molecule has 0 aliphatic carbocycles. The molecular weight excluding hydrogens is 452 g/mol. The average Bonchev–Trinajstić information content (AvgIpc) is 2.70. The maximum Gasteiger partial charge on any atom is 0.326 e. The van der Waals surface area contributed by atoms with E-state index in [0.717, 1.165) is 0 Å². The van der Waals surface area contributed by atoms with Crippen LogP contribution in [-0.2, 0) is 28.8 Å². The minimum atomic E-state index is -1.36. The van der Waals surface area contributed by atoms with Crippen LogP contribution in [0.15, 0.2) is 0 Å². The van der Waals surface area contributed by atoms with Gasteiger partial charge < -0.3 is 37.0 Å². The highest BCUT2D eigenvalue weighted by Crippen LogP contribution is 2.09. The van der Waals surface area contributed by atoms with Crippen molar-refractivity contribution in [3.8, 4) is 0 Å². The van der Waals surface area contributed by atoms with Gasteiger partial charge in [0.2, 0.25) is 17.7 Å². The SMILES string of the molecule is CC(C)CC(NC(=O)C(N)CCC(=O)O)C(=O)NC(CCC(=O)O)C(=O)NC(C(=O)O)C(C)C. The molecule has 0 heterocycles. The molecule has 0 saturated carbocycles. The number of nitrogens with two attached hydrogens (primary N) is 1. The lowest BCUT2D eigenvalue weighted by Crippen LogP contribution is -2.57. The van der Waals surface area contributed by atoms with Gasteiger partial charge in [-0.1, -0.05) is 27.7 Å². The summed E-state index contributed by atoms with van der Waals surface area (Å²) in [5.41, 5.74) is 5.69. The molecule has 0 bridgehead atoms. The second-order valence-electron chi connectivity index (χ2n) is 8.79. The third kappa shape index (κ3) is 12.1. The van der Waals surface area contributed by atoms with Gasteiger partial charge in [-0.25, -0.2) is 4.79 Å².